The lowest BCUT2D eigenvalue weighted by molar-refractivity contribution is 0.795. The number of aromatic nitrogens is 5. The maximum atomic E-state index is 5.07. The number of nitrogens with zero attached hydrogens (tertiary/aromatic N) is 5. The summed E-state index contributed by atoms with van der Waals surface area (Å²) < 4.78 is 4.88. The molecule has 0 N–H and O–H groups in total. The minimum atomic E-state index is 0.420. The fourth-order valence-corrected chi connectivity index (χ4v) is 10.4. The Hall–Kier alpha value is -8.93. The summed E-state index contributed by atoms with van der Waals surface area (Å²) in [7, 11) is 0. The number of para-hydroxylation sites is 2. The van der Waals surface area contributed by atoms with E-state index in [0.29, 0.717) is 23.4 Å². The van der Waals surface area contributed by atoms with E-state index in [1.54, 1.807) is 0 Å². The molecule has 1 aliphatic rings. The van der Waals surface area contributed by atoms with Crippen molar-refractivity contribution in [3.05, 3.63) is 235 Å². The Balaban J connectivity index is 0.901. The Morgan fingerprint density at radius 2 is 0.942 bits per heavy atom. The summed E-state index contributed by atoms with van der Waals surface area (Å²) in [6, 6.07) is 80.0. The first-order valence-electron chi connectivity index (χ1n) is 23.7. The van der Waals surface area contributed by atoms with Crippen molar-refractivity contribution in [2.24, 2.45) is 5.92 Å². The summed E-state index contributed by atoms with van der Waals surface area (Å²) in [5.74, 6) is 2.36. The van der Waals surface area contributed by atoms with Crippen LogP contribution in [-0.2, 0) is 0 Å². The van der Waals surface area contributed by atoms with E-state index in [1.165, 1.54) is 76.8 Å². The number of fused-ring (bicyclic) bond motifs is 6. The highest BCUT2D eigenvalue weighted by atomic mass is 15.0. The van der Waals surface area contributed by atoms with Gasteiger partial charge in [-0.2, -0.15) is 0 Å². The maximum absolute atomic E-state index is 5.07. The summed E-state index contributed by atoms with van der Waals surface area (Å²) in [5.41, 5.74) is 15.8. The summed E-state index contributed by atoms with van der Waals surface area (Å²) >= 11 is 0. The molecule has 69 heavy (non-hydrogen) atoms. The third kappa shape index (κ3) is 7.06. The third-order valence-electron chi connectivity index (χ3n) is 13.7. The van der Waals surface area contributed by atoms with Crippen LogP contribution in [0.4, 0.5) is 0 Å². The average Bonchev–Trinajstić information content (AvgIpc) is 3.93. The second-order valence-corrected chi connectivity index (χ2v) is 18.1. The molecule has 9 aromatic carbocycles. The minimum absolute atomic E-state index is 0.420. The quantitative estimate of drug-likeness (QED) is 0.153. The molecular formula is C64H45N5. The first kappa shape index (κ1) is 40.4. The topological polar surface area (TPSA) is 48.5 Å². The number of hydrogen-bond donors (Lipinski definition) is 0. The van der Waals surface area contributed by atoms with Crippen LogP contribution in [0, 0.1) is 5.92 Å². The molecule has 12 aromatic rings. The molecule has 0 bridgehead atoms. The van der Waals surface area contributed by atoms with E-state index in [1.807, 2.05) is 60.7 Å². The van der Waals surface area contributed by atoms with E-state index in [2.05, 4.69) is 192 Å². The lowest BCUT2D eigenvalue weighted by atomic mass is 9.96. The van der Waals surface area contributed by atoms with Crippen molar-refractivity contribution in [1.29, 1.82) is 0 Å². The van der Waals surface area contributed by atoms with E-state index in [-0.39, 0.29) is 0 Å². The molecule has 0 fully saturated rings. The van der Waals surface area contributed by atoms with Crippen LogP contribution >= 0.6 is 0 Å². The van der Waals surface area contributed by atoms with E-state index in [4.69, 9.17) is 15.0 Å². The van der Waals surface area contributed by atoms with Crippen LogP contribution in [0.25, 0.3) is 124 Å². The number of benzene rings is 9. The van der Waals surface area contributed by atoms with Gasteiger partial charge >= 0.3 is 0 Å². The highest BCUT2D eigenvalue weighted by Gasteiger charge is 2.20. The molecule has 5 heteroatoms. The maximum Gasteiger partial charge on any atom is 0.164 e. The Labute approximate surface area is 400 Å². The lowest BCUT2D eigenvalue weighted by Gasteiger charge is -2.14. The molecule has 3 heterocycles. The van der Waals surface area contributed by atoms with E-state index in [9.17, 15) is 0 Å². The molecule has 0 saturated heterocycles. The molecule has 1 aliphatic carbocycles. The predicted molar refractivity (Wildman–Crippen MR) is 286 cm³/mol. The van der Waals surface area contributed by atoms with Crippen molar-refractivity contribution in [2.45, 2.75) is 13.3 Å². The fourth-order valence-electron chi connectivity index (χ4n) is 10.4. The van der Waals surface area contributed by atoms with Gasteiger partial charge in [-0.1, -0.05) is 195 Å². The van der Waals surface area contributed by atoms with Crippen molar-refractivity contribution in [2.75, 3.05) is 0 Å². The highest BCUT2D eigenvalue weighted by Crippen LogP contribution is 2.39. The summed E-state index contributed by atoms with van der Waals surface area (Å²) in [5, 5.41) is 6.24. The zero-order valence-corrected chi connectivity index (χ0v) is 38.0. The van der Waals surface area contributed by atoms with Gasteiger partial charge in [-0.05, 0) is 88.7 Å². The van der Waals surface area contributed by atoms with E-state index >= 15 is 0 Å². The molecule has 0 saturated carbocycles. The SMILES string of the molecule is CC1C=c2c(n(-c3ccc(-c4ccc5c(c4)c4ccccc4n5-c4ccccc4-c4ccccc4)cc3)c3cccc(-c4cccc(-c5nc(-c6ccccc6)nc(-c6ccccc6)n5)c4)c23)=CC1. The fraction of sp³-hybridized carbons (Fsp3) is 0.0469. The van der Waals surface area contributed by atoms with Gasteiger partial charge < -0.3 is 9.13 Å². The van der Waals surface area contributed by atoms with Crippen LogP contribution in [0.1, 0.15) is 13.3 Å². The van der Waals surface area contributed by atoms with Crippen molar-refractivity contribution in [1.82, 2.24) is 24.1 Å². The molecule has 5 nitrogen and oxygen atoms in total. The normalized spacial score (nSPS) is 13.3. The highest BCUT2D eigenvalue weighted by molar-refractivity contribution is 6.11. The largest absolute Gasteiger partial charge is 0.310 e. The van der Waals surface area contributed by atoms with E-state index < -0.39 is 0 Å². The van der Waals surface area contributed by atoms with Crippen LogP contribution in [0.2, 0.25) is 0 Å². The summed E-state index contributed by atoms with van der Waals surface area (Å²) in [4.78, 5) is 15.1. The first-order valence-corrected chi connectivity index (χ1v) is 23.7. The number of hydrogen-bond acceptors (Lipinski definition) is 3. The molecule has 0 spiro atoms. The smallest absolute Gasteiger partial charge is 0.164 e. The van der Waals surface area contributed by atoms with Gasteiger partial charge in [0.05, 0.1) is 22.2 Å². The predicted octanol–water partition coefficient (Wildman–Crippen LogP) is 14.5. The molecule has 1 unspecified atom stereocenters. The molecular weight excluding hydrogens is 839 g/mol. The van der Waals surface area contributed by atoms with Crippen LogP contribution in [0.5, 0.6) is 0 Å². The minimum Gasteiger partial charge on any atom is -0.310 e. The van der Waals surface area contributed by atoms with Gasteiger partial charge in [0.25, 0.3) is 0 Å². The Bertz CT molecular complexity index is 3980. The Morgan fingerprint density at radius 1 is 0.391 bits per heavy atom. The van der Waals surface area contributed by atoms with Crippen molar-refractivity contribution in [3.8, 4) is 78.9 Å². The van der Waals surface area contributed by atoms with Crippen molar-refractivity contribution < 1.29 is 0 Å². The molecule has 0 aliphatic heterocycles. The Morgan fingerprint density at radius 3 is 1.68 bits per heavy atom. The standard InChI is InChI=1S/C64H45N5/c1-42-31-37-59-55(39-42)61-52(48-23-15-24-49(40-48)64-66-62(45-19-7-3-8-20-45)65-63(67-64)46-21-9-4-10-22-46)27-16-30-60(61)68(59)50-35-32-43(33-36-50)47-34-38-58-54(41-47)53-26-12-14-29-57(53)69(58)56-28-13-11-25-51(56)44-17-5-2-6-18-44/h2-30,32-42H,31H2,1H3. The van der Waals surface area contributed by atoms with Gasteiger partial charge in [0, 0.05) is 54.7 Å². The van der Waals surface area contributed by atoms with Gasteiger partial charge in [0.1, 0.15) is 0 Å². The molecule has 1 atom stereocenters. The summed E-state index contributed by atoms with van der Waals surface area (Å²) in [6.07, 6.45) is 5.88. The number of rotatable bonds is 8. The van der Waals surface area contributed by atoms with Gasteiger partial charge in [0.2, 0.25) is 0 Å². The van der Waals surface area contributed by atoms with Gasteiger partial charge in [-0.3, -0.25) is 0 Å². The molecule has 13 rings (SSSR count). The Kier molecular flexibility index (Phi) is 9.79. The van der Waals surface area contributed by atoms with Crippen LogP contribution in [0.15, 0.2) is 224 Å². The zero-order valence-electron chi connectivity index (χ0n) is 38.0. The van der Waals surface area contributed by atoms with Gasteiger partial charge in [0.15, 0.2) is 17.5 Å². The first-order chi connectivity index (χ1) is 34.1. The van der Waals surface area contributed by atoms with Gasteiger partial charge in [-0.15, -0.1) is 0 Å². The second kappa shape index (κ2) is 16.7. The molecule has 3 aromatic heterocycles. The van der Waals surface area contributed by atoms with Crippen LogP contribution < -0.4 is 10.6 Å². The summed E-state index contributed by atoms with van der Waals surface area (Å²) in [6.45, 7) is 2.31. The lowest BCUT2D eigenvalue weighted by Crippen LogP contribution is -2.31. The van der Waals surface area contributed by atoms with Crippen LogP contribution in [0.3, 0.4) is 0 Å². The zero-order chi connectivity index (χ0) is 45.8. The average molecular weight is 884 g/mol. The molecule has 0 amide bonds. The molecule has 326 valence electrons. The monoisotopic (exact) mass is 883 g/mol. The van der Waals surface area contributed by atoms with E-state index in [0.717, 1.165) is 34.4 Å². The van der Waals surface area contributed by atoms with Gasteiger partial charge in [-0.25, -0.2) is 15.0 Å². The van der Waals surface area contributed by atoms with Crippen LogP contribution in [-0.4, -0.2) is 24.1 Å². The van der Waals surface area contributed by atoms with Crippen molar-refractivity contribution >= 4 is 44.9 Å². The third-order valence-corrected chi connectivity index (χ3v) is 13.7. The second-order valence-electron chi connectivity index (χ2n) is 18.1. The van der Waals surface area contributed by atoms with Crippen molar-refractivity contribution in [3.63, 3.8) is 0 Å². The molecule has 0 radical (unpaired) electrons.